The third-order valence-electron chi connectivity index (χ3n) is 13.2. The van der Waals surface area contributed by atoms with Crippen LogP contribution in [0, 0.1) is 0 Å². The number of benzene rings is 11. The minimum Gasteiger partial charge on any atom is -0.454 e. The van der Waals surface area contributed by atoms with Gasteiger partial charge in [-0.25, -0.2) is 0 Å². The Balaban J connectivity index is 1.06. The van der Waals surface area contributed by atoms with Crippen LogP contribution in [-0.2, 0) is 0 Å². The number of fused-ring (bicyclic) bond motifs is 9. The van der Waals surface area contributed by atoms with Crippen LogP contribution in [0.25, 0.3) is 99.2 Å². The van der Waals surface area contributed by atoms with E-state index in [2.05, 4.69) is 36.4 Å². The van der Waals surface area contributed by atoms with Crippen LogP contribution in [0.2, 0.25) is 0 Å². The van der Waals surface area contributed by atoms with Gasteiger partial charge < -0.3 is 13.6 Å². The van der Waals surface area contributed by atoms with E-state index < -0.39 is 139 Å². The Bertz CT molecular complexity index is 5280. The van der Waals surface area contributed by atoms with Crippen LogP contribution in [-0.4, -0.2) is 17.2 Å². The van der Waals surface area contributed by atoms with Crippen molar-refractivity contribution in [2.75, 3.05) is 0 Å². The zero-order chi connectivity index (χ0) is 61.8. The van der Waals surface area contributed by atoms with Crippen molar-refractivity contribution in [3.05, 3.63) is 266 Å². The molecular weight excluding hydrogens is 865 g/mol. The smallest absolute Gasteiger partial charge is 0.179 e. The van der Waals surface area contributed by atoms with Crippen molar-refractivity contribution in [3.8, 4) is 33.6 Å². The third kappa shape index (κ3) is 6.13. The van der Waals surface area contributed by atoms with E-state index >= 15 is 0 Å². The second-order valence-electron chi connectivity index (χ2n) is 17.0. The highest BCUT2D eigenvalue weighted by Gasteiger charge is 2.41. The summed E-state index contributed by atoms with van der Waals surface area (Å²) in [5, 5.41) is 4.30. The minimum atomic E-state index is -3.29. The minimum absolute atomic E-state index is 0.133. The number of aromatic nitrogens is 2. The molecule has 4 heteroatoms. The first-order valence-corrected chi connectivity index (χ1v) is 24.6. The van der Waals surface area contributed by atoms with Crippen LogP contribution in [0.15, 0.2) is 271 Å². The quantitative estimate of drug-likeness (QED) is 0.110. The molecule has 0 unspecified atom stereocenters. The lowest BCUT2D eigenvalue weighted by molar-refractivity contribution is 0.666. The first-order valence-electron chi connectivity index (χ1n) is 31.6. The van der Waals surface area contributed by atoms with Gasteiger partial charge in [0.1, 0.15) is 5.58 Å². The van der Waals surface area contributed by atoms with Crippen molar-refractivity contribution in [3.63, 3.8) is 0 Å². The van der Waals surface area contributed by atoms with Crippen molar-refractivity contribution in [1.82, 2.24) is 9.13 Å². The standard InChI is InChI=1S/C66H44N2OSi/c1-4-22-50(23-5-1)70(51-24-6-2-7-25-51,52-26-8-3-9-27-52)53-28-17-21-49(44-53)67-60-33-13-10-29-54(60)58-42-47(37-39-62(58)67)45-19-16-20-46(41-45)48-38-40-63-59(43-48)55-30-11-14-34-61(55)68(63)64-35-18-32-57-56-31-12-15-36-65(56)69-66(57)64/h1-44H/i10D,11D,13D,14D,16D,19D,20D,29D,30D,33D,34D,37D,38D,39D,40D,41D,42D,43D. The molecule has 0 saturated carbocycles. The molecule has 0 radical (unpaired) electrons. The van der Waals surface area contributed by atoms with Gasteiger partial charge in [0, 0.05) is 38.0 Å². The van der Waals surface area contributed by atoms with Crippen LogP contribution in [0.3, 0.4) is 0 Å². The Hall–Kier alpha value is -8.96. The molecule has 14 rings (SSSR count). The summed E-state index contributed by atoms with van der Waals surface area (Å²) in [6.45, 7) is 0. The van der Waals surface area contributed by atoms with E-state index in [1.807, 2.05) is 84.9 Å². The number of hydrogen-bond acceptors (Lipinski definition) is 1. The molecule has 0 aliphatic heterocycles. The third-order valence-corrected chi connectivity index (χ3v) is 18.0. The lowest BCUT2D eigenvalue weighted by Gasteiger charge is -2.34. The molecule has 328 valence electrons. The van der Waals surface area contributed by atoms with Gasteiger partial charge in [0.05, 0.1) is 52.4 Å². The highest BCUT2D eigenvalue weighted by molar-refractivity contribution is 7.19. The van der Waals surface area contributed by atoms with E-state index in [0.717, 1.165) is 26.1 Å². The molecule has 11 aromatic carbocycles. The van der Waals surface area contributed by atoms with Gasteiger partial charge in [-0.3, -0.25) is 0 Å². The van der Waals surface area contributed by atoms with Crippen LogP contribution in [0.5, 0.6) is 0 Å². The van der Waals surface area contributed by atoms with Gasteiger partial charge in [-0.05, 0) is 110 Å². The Kier molecular flexibility index (Phi) is 5.97. The zero-order valence-corrected chi connectivity index (χ0v) is 37.8. The number of rotatable bonds is 8. The van der Waals surface area contributed by atoms with Crippen molar-refractivity contribution in [2.24, 2.45) is 0 Å². The first kappa shape index (κ1) is 26.0. The summed E-state index contributed by atoms with van der Waals surface area (Å²) >= 11 is 0. The molecule has 0 spiro atoms. The summed E-state index contributed by atoms with van der Waals surface area (Å²) in [5.41, 5.74) is -1.89. The second-order valence-corrected chi connectivity index (χ2v) is 20.8. The van der Waals surface area contributed by atoms with Gasteiger partial charge in [0.2, 0.25) is 0 Å². The van der Waals surface area contributed by atoms with Crippen LogP contribution in [0.4, 0.5) is 0 Å². The van der Waals surface area contributed by atoms with E-state index in [9.17, 15) is 19.2 Å². The Morgan fingerprint density at radius 3 is 1.46 bits per heavy atom. The maximum absolute atomic E-state index is 10.2. The monoisotopic (exact) mass is 926 g/mol. The number of para-hydroxylation sites is 4. The summed E-state index contributed by atoms with van der Waals surface area (Å²) in [6.07, 6.45) is 0. The molecule has 3 nitrogen and oxygen atoms in total. The fourth-order valence-electron chi connectivity index (χ4n) is 10.2. The van der Waals surface area contributed by atoms with E-state index in [-0.39, 0.29) is 54.9 Å². The van der Waals surface area contributed by atoms with Crippen LogP contribution >= 0.6 is 0 Å². The van der Waals surface area contributed by atoms with Gasteiger partial charge in [0.15, 0.2) is 13.7 Å². The molecule has 3 heterocycles. The summed E-state index contributed by atoms with van der Waals surface area (Å²) in [7, 11) is -3.29. The van der Waals surface area contributed by atoms with Gasteiger partial charge in [0.25, 0.3) is 0 Å². The summed E-state index contributed by atoms with van der Waals surface area (Å²) in [4.78, 5) is 0. The van der Waals surface area contributed by atoms with Crippen molar-refractivity contribution >= 4 is 94.4 Å². The highest BCUT2D eigenvalue weighted by Crippen LogP contribution is 2.40. The zero-order valence-electron chi connectivity index (χ0n) is 54.8. The number of hydrogen-bond donors (Lipinski definition) is 0. The van der Waals surface area contributed by atoms with Crippen molar-refractivity contribution in [2.45, 2.75) is 0 Å². The number of furan rings is 1. The highest BCUT2D eigenvalue weighted by atomic mass is 28.3. The lowest BCUT2D eigenvalue weighted by atomic mass is 9.97. The fraction of sp³-hybridized carbons (Fsp3) is 0. The normalized spacial score (nSPS) is 15.6. The SMILES string of the molecule is [2H]c1c([2H])c(-c2c([2H])c([2H])c3c(c2[2H])c2c([2H])c([2H])c([2H])c([2H])c2n3-c2cccc([Si](c3ccccc3)(c3ccccc3)c3ccccc3)c2)c([2H])c(-c2c([2H])c([2H])c3c(c2[2H])c2c([2H])c([2H])c([2H])c([2H])c2n3-c2cccc3c2oc2ccccc23)c1[2H]. The fourth-order valence-corrected chi connectivity index (χ4v) is 15.0. The topological polar surface area (TPSA) is 23.0 Å². The van der Waals surface area contributed by atoms with E-state index in [0.29, 0.717) is 16.7 Å². The van der Waals surface area contributed by atoms with Crippen molar-refractivity contribution < 1.29 is 29.1 Å². The molecule has 0 fully saturated rings. The largest absolute Gasteiger partial charge is 0.454 e. The van der Waals surface area contributed by atoms with E-state index in [1.54, 1.807) is 36.4 Å². The van der Waals surface area contributed by atoms with Gasteiger partial charge in [-0.15, -0.1) is 0 Å². The Morgan fingerprint density at radius 2 is 0.829 bits per heavy atom. The summed E-state index contributed by atoms with van der Waals surface area (Å²) < 4.78 is 180. The molecule has 70 heavy (non-hydrogen) atoms. The van der Waals surface area contributed by atoms with Crippen LogP contribution < -0.4 is 20.7 Å². The van der Waals surface area contributed by atoms with E-state index in [1.165, 1.54) is 9.13 Å². The maximum atomic E-state index is 10.2. The molecule has 0 atom stereocenters. The average molecular weight is 927 g/mol. The second kappa shape index (κ2) is 16.1. The average Bonchev–Trinajstić information content (AvgIpc) is 1.78. The van der Waals surface area contributed by atoms with Gasteiger partial charge in [-0.1, -0.05) is 200 Å². The molecule has 0 aliphatic rings. The molecule has 14 aromatic rings. The molecule has 0 N–H and O–H groups in total. The molecule has 3 aromatic heterocycles. The first-order chi connectivity index (χ1) is 42.2. The predicted octanol–water partition coefficient (Wildman–Crippen LogP) is 14.5. The number of nitrogens with zero attached hydrogens (tertiary/aromatic N) is 2. The van der Waals surface area contributed by atoms with Gasteiger partial charge in [-0.2, -0.15) is 0 Å². The summed E-state index contributed by atoms with van der Waals surface area (Å²) in [5.74, 6) is 0. The molecular formula is C66H44N2OSi. The molecule has 0 bridgehead atoms. The lowest BCUT2D eigenvalue weighted by Crippen LogP contribution is -2.74. The summed E-state index contributed by atoms with van der Waals surface area (Å²) in [6, 6.07) is 37.4. The Labute approximate surface area is 431 Å². The molecule has 0 saturated heterocycles. The predicted molar refractivity (Wildman–Crippen MR) is 297 cm³/mol. The Morgan fingerprint density at radius 1 is 0.343 bits per heavy atom. The maximum Gasteiger partial charge on any atom is 0.179 e. The van der Waals surface area contributed by atoms with Gasteiger partial charge >= 0.3 is 0 Å². The van der Waals surface area contributed by atoms with E-state index in [4.69, 9.17) is 9.90 Å². The van der Waals surface area contributed by atoms with Crippen molar-refractivity contribution in [1.29, 1.82) is 0 Å². The molecule has 0 amide bonds. The van der Waals surface area contributed by atoms with Crippen LogP contribution in [0.1, 0.15) is 24.7 Å². The molecule has 0 aliphatic carbocycles.